The zero-order valence-electron chi connectivity index (χ0n) is 42.0. The lowest BCUT2D eigenvalue weighted by Gasteiger charge is -2.13. The van der Waals surface area contributed by atoms with Crippen molar-refractivity contribution in [3.8, 4) is 45.3 Å². The maximum absolute atomic E-state index is 13.4. The lowest BCUT2D eigenvalue weighted by molar-refractivity contribution is 0.0685. The standard InChI is InChI=1S/C28H23BrFN5O3.C14H13FN2O3.C13H11BrN4O/c1-16(2)35-15-22(17-4-6-19(30)7-5-17)28(37)27(33-35)25(36)11-20-8-9-21(14-31-20)38-26-10-18-13-32-34(3)24(18)12-23(26)29;1-8(2)17-7-11(9-3-5-10(15)6-4-9)13(18)12(16-17)14(19)20;1-18-11-5-10(14)12(4-8(11)6-17-18)19-9-2-3-13(15)16-7-9/h4-10,12-16H,11H2,1-3H3;3-8H,1-2H3,(H,19,20);2-7H,1H3,(H2,15,16). The van der Waals surface area contributed by atoms with Crippen LogP contribution in [0.5, 0.6) is 23.0 Å². The van der Waals surface area contributed by atoms with Gasteiger partial charge in [0.05, 0.1) is 51.2 Å². The molecule has 0 atom stereocenters. The highest BCUT2D eigenvalue weighted by molar-refractivity contribution is 9.11. The summed E-state index contributed by atoms with van der Waals surface area (Å²) >= 11 is 7.02. The summed E-state index contributed by atoms with van der Waals surface area (Å²) in [6, 6.07) is 25.3. The van der Waals surface area contributed by atoms with E-state index in [2.05, 4.69) is 62.2 Å². The van der Waals surface area contributed by atoms with Crippen LogP contribution in [0.1, 0.15) is 66.4 Å². The smallest absolute Gasteiger partial charge is 0.360 e. The first-order chi connectivity index (χ1) is 36.7. The highest BCUT2D eigenvalue weighted by Crippen LogP contribution is 2.35. The topological polar surface area (TPSA) is 230 Å². The zero-order valence-corrected chi connectivity index (χ0v) is 45.2. The van der Waals surface area contributed by atoms with Gasteiger partial charge in [-0.25, -0.2) is 18.6 Å². The van der Waals surface area contributed by atoms with Gasteiger partial charge in [-0.2, -0.15) is 20.4 Å². The van der Waals surface area contributed by atoms with Crippen LogP contribution in [0.4, 0.5) is 14.6 Å². The zero-order chi connectivity index (χ0) is 55.2. The first-order valence-electron chi connectivity index (χ1n) is 23.5. The molecule has 0 spiro atoms. The van der Waals surface area contributed by atoms with E-state index < -0.39 is 39.9 Å². The summed E-state index contributed by atoms with van der Waals surface area (Å²) in [6.45, 7) is 7.42. The number of fused-ring (bicyclic) bond motifs is 2. The Bertz CT molecular complexity index is 3920. The van der Waals surface area contributed by atoms with Gasteiger partial charge < -0.3 is 20.3 Å². The minimum Gasteiger partial charge on any atom is -0.476 e. The number of rotatable bonds is 12. The van der Waals surface area contributed by atoms with Gasteiger partial charge in [-0.1, -0.05) is 24.3 Å². The van der Waals surface area contributed by atoms with Crippen LogP contribution in [0.25, 0.3) is 44.1 Å². The normalized spacial score (nSPS) is 11.1. The van der Waals surface area contributed by atoms with Crippen LogP contribution in [0, 0.1) is 11.6 Å². The number of nitrogens with zero attached hydrogens (tertiary/aromatic N) is 10. The van der Waals surface area contributed by atoms with E-state index in [0.29, 0.717) is 45.6 Å². The third-order valence-electron chi connectivity index (χ3n) is 11.7. The van der Waals surface area contributed by atoms with Crippen molar-refractivity contribution < 1.29 is 33.0 Å². The summed E-state index contributed by atoms with van der Waals surface area (Å²) in [6.07, 6.45) is 9.63. The minimum atomic E-state index is -1.38. The number of Topliss-reactive ketones (excluding diaryl/α,β-unsaturated/α-hetero) is 1. The predicted octanol–water partition coefficient (Wildman–Crippen LogP) is 11.3. The van der Waals surface area contributed by atoms with E-state index in [1.54, 1.807) is 58.4 Å². The van der Waals surface area contributed by atoms with Crippen molar-refractivity contribution in [1.82, 2.24) is 49.1 Å². The second kappa shape index (κ2) is 23.4. The first-order valence-corrected chi connectivity index (χ1v) is 25.1. The summed E-state index contributed by atoms with van der Waals surface area (Å²) in [5.74, 6) is 0.236. The molecule has 10 aromatic rings. The Morgan fingerprint density at radius 3 is 1.48 bits per heavy atom. The molecule has 3 N–H and O–H groups in total. The highest BCUT2D eigenvalue weighted by atomic mass is 79.9. The Hall–Kier alpha value is -8.76. The molecule has 10 rings (SSSR count). The van der Waals surface area contributed by atoms with Crippen LogP contribution in [-0.2, 0) is 20.5 Å². The average Bonchev–Trinajstić information content (AvgIpc) is 3.97. The molecule has 0 aliphatic rings. The van der Waals surface area contributed by atoms with E-state index in [4.69, 9.17) is 20.3 Å². The lowest BCUT2D eigenvalue weighted by atomic mass is 10.0. The number of pyridine rings is 2. The Balaban J connectivity index is 0.000000169. The van der Waals surface area contributed by atoms with E-state index in [9.17, 15) is 28.0 Å². The summed E-state index contributed by atoms with van der Waals surface area (Å²) in [4.78, 5) is 57.9. The number of carbonyl (C=O) groups is 2. The largest absolute Gasteiger partial charge is 0.476 e. The monoisotopic (exact) mass is 1170 g/mol. The molecule has 0 saturated carbocycles. The maximum atomic E-state index is 13.4. The third kappa shape index (κ3) is 12.8. The number of hydrogen-bond donors (Lipinski definition) is 2. The number of ketones is 1. The number of aromatic carboxylic acids is 1. The van der Waals surface area contributed by atoms with Gasteiger partial charge in [0.15, 0.2) is 11.5 Å². The molecule has 0 fully saturated rings. The second-order valence-electron chi connectivity index (χ2n) is 17.8. The Kier molecular flexibility index (Phi) is 16.6. The molecule has 6 heterocycles. The minimum absolute atomic E-state index is 0.0962. The van der Waals surface area contributed by atoms with Gasteiger partial charge in [0, 0.05) is 66.2 Å². The third-order valence-corrected chi connectivity index (χ3v) is 12.9. The second-order valence-corrected chi connectivity index (χ2v) is 19.5. The quantitative estimate of drug-likeness (QED) is 0.108. The molecule has 0 unspecified atom stereocenters. The number of anilines is 1. The molecule has 0 aliphatic heterocycles. The number of aryl methyl sites for hydroxylation is 2. The molecule has 0 amide bonds. The van der Waals surface area contributed by atoms with E-state index in [-0.39, 0.29) is 35.3 Å². The summed E-state index contributed by atoms with van der Waals surface area (Å²) < 4.78 is 46.3. The highest BCUT2D eigenvalue weighted by Gasteiger charge is 2.21. The van der Waals surface area contributed by atoms with Crippen molar-refractivity contribution in [3.05, 3.63) is 192 Å². The SMILES string of the molecule is CC(C)n1cc(-c2ccc(F)cc2)c(=O)c(C(=O)Cc2ccc(Oc3cc4cnn(C)c4cc3Br)cn2)n1.CC(C)n1cc(-c2ccc(F)cc2)c(=O)c(C(=O)O)n1.Cn1ncc2cc(Oc3ccc(N)nc3)c(Br)cc21. The number of nitrogens with two attached hydrogens (primary N) is 1. The molecule has 22 heteroatoms. The van der Waals surface area contributed by atoms with E-state index >= 15 is 0 Å². The molecule has 0 saturated heterocycles. The maximum Gasteiger partial charge on any atom is 0.360 e. The van der Waals surface area contributed by atoms with Gasteiger partial charge in [0.2, 0.25) is 16.6 Å². The van der Waals surface area contributed by atoms with Crippen molar-refractivity contribution in [2.75, 3.05) is 5.73 Å². The molecule has 0 radical (unpaired) electrons. The number of aromatic nitrogens is 10. The van der Waals surface area contributed by atoms with Crippen molar-refractivity contribution in [1.29, 1.82) is 0 Å². The summed E-state index contributed by atoms with van der Waals surface area (Å²) in [7, 11) is 3.77. The van der Waals surface area contributed by atoms with Crippen molar-refractivity contribution in [3.63, 3.8) is 0 Å². The molecule has 0 aliphatic carbocycles. The number of nitrogen functional groups attached to an aromatic ring is 1. The molecule has 4 aromatic carbocycles. The molecule has 18 nitrogen and oxygen atoms in total. The Morgan fingerprint density at radius 2 is 1.06 bits per heavy atom. The number of benzene rings is 4. The van der Waals surface area contributed by atoms with Crippen LogP contribution in [0.2, 0.25) is 0 Å². The van der Waals surface area contributed by atoms with Crippen LogP contribution in [0.15, 0.2) is 153 Å². The Labute approximate surface area is 454 Å². The van der Waals surface area contributed by atoms with Crippen LogP contribution in [0.3, 0.4) is 0 Å². The molecule has 77 heavy (non-hydrogen) atoms. The van der Waals surface area contributed by atoms with Gasteiger partial charge in [-0.15, -0.1) is 0 Å². The summed E-state index contributed by atoms with van der Waals surface area (Å²) in [5, 5.41) is 27.6. The van der Waals surface area contributed by atoms with E-state index in [1.807, 2.05) is 70.7 Å². The van der Waals surface area contributed by atoms with Crippen LogP contribution >= 0.6 is 31.9 Å². The number of carboxylic acid groups (broad SMARTS) is 1. The van der Waals surface area contributed by atoms with Gasteiger partial charge in [0.25, 0.3) is 0 Å². The van der Waals surface area contributed by atoms with E-state index in [0.717, 1.165) is 30.8 Å². The molecule has 6 aromatic heterocycles. The fourth-order valence-electron chi connectivity index (χ4n) is 7.53. The number of carbonyl (C=O) groups excluding carboxylic acids is 1. The average molecular weight is 1170 g/mol. The van der Waals surface area contributed by atoms with E-state index in [1.165, 1.54) is 65.6 Å². The number of halogens is 4. The first kappa shape index (κ1) is 54.5. The van der Waals surface area contributed by atoms with Crippen LogP contribution in [-0.4, -0.2) is 65.9 Å². The number of ether oxygens (including phenoxy) is 2. The van der Waals surface area contributed by atoms with Gasteiger partial charge in [0.1, 0.15) is 40.5 Å². The van der Waals surface area contributed by atoms with Crippen molar-refractivity contribution >= 4 is 71.2 Å². The predicted molar refractivity (Wildman–Crippen MR) is 293 cm³/mol. The Morgan fingerprint density at radius 1 is 0.623 bits per heavy atom. The van der Waals surface area contributed by atoms with Crippen molar-refractivity contribution in [2.24, 2.45) is 14.1 Å². The van der Waals surface area contributed by atoms with Gasteiger partial charge in [-0.05, 0) is 143 Å². The molecular weight excluding hydrogens is 1120 g/mol. The van der Waals surface area contributed by atoms with Crippen molar-refractivity contribution in [2.45, 2.75) is 46.2 Å². The lowest BCUT2D eigenvalue weighted by Crippen LogP contribution is -2.25. The fraction of sp³-hybridized carbons (Fsp3) is 0.164. The number of hydrogen-bond acceptors (Lipinski definition) is 13. The molecule has 392 valence electrons. The van der Waals surface area contributed by atoms with Gasteiger partial charge in [-0.3, -0.25) is 38.1 Å². The summed E-state index contributed by atoms with van der Waals surface area (Å²) in [5.41, 5.74) is 7.53. The molecular formula is C55H47Br2F2N11O7. The van der Waals surface area contributed by atoms with Crippen LogP contribution < -0.4 is 26.1 Å². The molecule has 0 bridgehead atoms. The van der Waals surface area contributed by atoms with Gasteiger partial charge >= 0.3 is 5.97 Å². The number of carboxylic acids is 1. The fourth-order valence-corrected chi connectivity index (χ4v) is 8.36.